The highest BCUT2D eigenvalue weighted by Crippen LogP contribution is 2.28. The first kappa shape index (κ1) is 15.7. The Labute approximate surface area is 138 Å². The zero-order valence-corrected chi connectivity index (χ0v) is 14.7. The zero-order chi connectivity index (χ0) is 15.7. The van der Waals surface area contributed by atoms with Gasteiger partial charge in [0.1, 0.15) is 0 Å². The summed E-state index contributed by atoms with van der Waals surface area (Å²) < 4.78 is 32.2. The van der Waals surface area contributed by atoms with Crippen molar-refractivity contribution < 1.29 is 13.2 Å². The molecule has 118 valence electrons. The molecule has 0 amide bonds. The highest BCUT2D eigenvalue weighted by molar-refractivity contribution is 9.10. The normalized spacial score (nSPS) is 16.5. The van der Waals surface area contributed by atoms with Crippen molar-refractivity contribution in [3.63, 3.8) is 0 Å². The van der Waals surface area contributed by atoms with Gasteiger partial charge in [-0.05, 0) is 31.5 Å². The molecule has 1 aromatic carbocycles. The third kappa shape index (κ3) is 3.11. The quantitative estimate of drug-likeness (QED) is 0.812. The first-order valence-corrected chi connectivity index (χ1v) is 9.75. The summed E-state index contributed by atoms with van der Waals surface area (Å²) in [4.78, 5) is 0. The molecule has 0 fully saturated rings. The summed E-state index contributed by atoms with van der Waals surface area (Å²) in [6.45, 7) is 2.96. The van der Waals surface area contributed by atoms with E-state index in [-0.39, 0.29) is 11.5 Å². The minimum Gasteiger partial charge on any atom is -0.375 e. The Morgan fingerprint density at radius 1 is 1.41 bits per heavy atom. The number of halogens is 1. The van der Waals surface area contributed by atoms with Crippen molar-refractivity contribution in [2.24, 2.45) is 0 Å². The second kappa shape index (κ2) is 6.14. The second-order valence-corrected chi connectivity index (χ2v) is 8.34. The summed E-state index contributed by atoms with van der Waals surface area (Å²) in [7, 11) is -3.06. The van der Waals surface area contributed by atoms with Crippen LogP contribution in [0.3, 0.4) is 0 Å². The molecular formula is C15H17BrN2O3S. The lowest BCUT2D eigenvalue weighted by Crippen LogP contribution is -2.21. The minimum atomic E-state index is -3.06. The highest BCUT2D eigenvalue weighted by atomic mass is 79.9. The van der Waals surface area contributed by atoms with Crippen LogP contribution >= 0.6 is 15.9 Å². The Kier molecular flexibility index (Phi) is 4.38. The van der Waals surface area contributed by atoms with E-state index in [1.54, 1.807) is 4.68 Å². The number of sulfone groups is 1. The molecule has 2 heterocycles. The van der Waals surface area contributed by atoms with Gasteiger partial charge in [-0.1, -0.05) is 22.0 Å². The van der Waals surface area contributed by atoms with Crippen LogP contribution < -0.4 is 0 Å². The van der Waals surface area contributed by atoms with Gasteiger partial charge in [-0.2, -0.15) is 5.10 Å². The van der Waals surface area contributed by atoms with E-state index >= 15 is 0 Å². The number of aromatic nitrogens is 2. The van der Waals surface area contributed by atoms with Crippen LogP contribution in [0, 0.1) is 0 Å². The van der Waals surface area contributed by atoms with Gasteiger partial charge in [-0.25, -0.2) is 13.1 Å². The summed E-state index contributed by atoms with van der Waals surface area (Å²) in [5.74, 6) is 0.220. The first-order valence-electron chi connectivity index (χ1n) is 7.14. The Balaban J connectivity index is 2.11. The molecule has 0 saturated carbocycles. The Morgan fingerprint density at radius 3 is 2.95 bits per heavy atom. The van der Waals surface area contributed by atoms with Crippen LogP contribution in [0.15, 0.2) is 28.7 Å². The average Bonchev–Trinajstić information content (AvgIpc) is 2.81. The summed E-state index contributed by atoms with van der Waals surface area (Å²) in [6.07, 6.45) is 0.508. The number of rotatable bonds is 4. The van der Waals surface area contributed by atoms with Gasteiger partial charge < -0.3 is 4.74 Å². The summed E-state index contributed by atoms with van der Waals surface area (Å²) >= 11 is 3.44. The predicted octanol–water partition coefficient (Wildman–Crippen LogP) is 2.64. The molecular weight excluding hydrogens is 368 g/mol. The molecule has 0 bridgehead atoms. The molecule has 0 atom stereocenters. The average molecular weight is 385 g/mol. The van der Waals surface area contributed by atoms with Crippen LogP contribution in [0.5, 0.6) is 0 Å². The van der Waals surface area contributed by atoms with Crippen molar-refractivity contribution in [1.82, 2.24) is 9.78 Å². The van der Waals surface area contributed by atoms with Gasteiger partial charge >= 0.3 is 0 Å². The van der Waals surface area contributed by atoms with Crippen LogP contribution in [0.4, 0.5) is 0 Å². The van der Waals surface area contributed by atoms with Gasteiger partial charge in [-0.15, -0.1) is 0 Å². The topological polar surface area (TPSA) is 61.2 Å². The monoisotopic (exact) mass is 384 g/mol. The summed E-state index contributed by atoms with van der Waals surface area (Å²) in [5.41, 5.74) is 3.47. The number of ether oxygens (including phenoxy) is 1. The van der Waals surface area contributed by atoms with Crippen LogP contribution in [-0.2, 0) is 33.4 Å². The van der Waals surface area contributed by atoms with Gasteiger partial charge in [-0.3, -0.25) is 0 Å². The third-order valence-corrected chi connectivity index (χ3v) is 5.72. The number of fused-ring (bicyclic) bond motifs is 1. The van der Waals surface area contributed by atoms with E-state index in [0.29, 0.717) is 19.6 Å². The molecule has 1 aliphatic heterocycles. The molecule has 7 heteroatoms. The van der Waals surface area contributed by atoms with Gasteiger partial charge in [0, 0.05) is 16.6 Å². The van der Waals surface area contributed by atoms with E-state index in [1.165, 1.54) is 0 Å². The number of hydrogen-bond acceptors (Lipinski definition) is 4. The molecule has 0 saturated heterocycles. The van der Waals surface area contributed by atoms with Crippen molar-refractivity contribution in [2.45, 2.75) is 25.7 Å². The number of nitrogens with zero attached hydrogens (tertiary/aromatic N) is 2. The van der Waals surface area contributed by atoms with Crippen LogP contribution in [0.25, 0.3) is 5.69 Å². The fraction of sp³-hybridized carbons (Fsp3) is 0.400. The number of hydrogen-bond donors (Lipinski definition) is 0. The zero-order valence-electron chi connectivity index (χ0n) is 12.3. The van der Waals surface area contributed by atoms with E-state index in [2.05, 4.69) is 21.0 Å². The highest BCUT2D eigenvalue weighted by Gasteiger charge is 2.29. The fourth-order valence-corrected chi connectivity index (χ4v) is 4.41. The van der Waals surface area contributed by atoms with Gasteiger partial charge in [0.25, 0.3) is 0 Å². The van der Waals surface area contributed by atoms with Crippen molar-refractivity contribution in [3.05, 3.63) is 45.7 Å². The molecule has 5 nitrogen and oxygen atoms in total. The minimum absolute atomic E-state index is 0.0357. The Hall–Kier alpha value is -1.18. The molecule has 1 aliphatic rings. The predicted molar refractivity (Wildman–Crippen MR) is 87.8 cm³/mol. The molecule has 0 N–H and O–H groups in total. The maximum absolute atomic E-state index is 12.0. The first-order chi connectivity index (χ1) is 10.5. The maximum Gasteiger partial charge on any atom is 0.156 e. The van der Waals surface area contributed by atoms with Crippen molar-refractivity contribution >= 4 is 25.8 Å². The third-order valence-electron chi connectivity index (χ3n) is 3.69. The lowest BCUT2D eigenvalue weighted by Gasteiger charge is -2.15. The maximum atomic E-state index is 12.0. The Bertz CT molecular complexity index is 799. The second-order valence-electron chi connectivity index (χ2n) is 5.24. The van der Waals surface area contributed by atoms with Gasteiger partial charge in [0.2, 0.25) is 0 Å². The van der Waals surface area contributed by atoms with Crippen LogP contribution in [0.1, 0.15) is 23.9 Å². The van der Waals surface area contributed by atoms with E-state index in [9.17, 15) is 8.42 Å². The number of benzene rings is 1. The smallest absolute Gasteiger partial charge is 0.156 e. The summed E-state index contributed by atoms with van der Waals surface area (Å²) in [6, 6.07) is 7.69. The standard InChI is InChI=1S/C15H17BrN2O3S/c1-2-21-9-14-13-6-7-22(19,20)10-15(13)18(17-14)12-5-3-4-11(16)8-12/h3-5,8H,2,6-7,9-10H2,1H3. The van der Waals surface area contributed by atoms with E-state index < -0.39 is 9.84 Å². The fourth-order valence-electron chi connectivity index (χ4n) is 2.65. The SMILES string of the molecule is CCOCc1nn(-c2cccc(Br)c2)c2c1CCS(=O)(=O)C2. The molecule has 22 heavy (non-hydrogen) atoms. The molecule has 2 aromatic rings. The largest absolute Gasteiger partial charge is 0.375 e. The molecule has 0 aliphatic carbocycles. The van der Waals surface area contributed by atoms with Gasteiger partial charge in [0.05, 0.1) is 35.2 Å². The lowest BCUT2D eigenvalue weighted by molar-refractivity contribution is 0.130. The molecule has 0 unspecified atom stereocenters. The van der Waals surface area contributed by atoms with E-state index in [0.717, 1.165) is 27.1 Å². The molecule has 0 radical (unpaired) electrons. The van der Waals surface area contributed by atoms with Crippen LogP contribution in [-0.4, -0.2) is 30.6 Å². The lowest BCUT2D eigenvalue weighted by atomic mass is 10.1. The molecule has 3 rings (SSSR count). The van der Waals surface area contributed by atoms with Crippen molar-refractivity contribution in [2.75, 3.05) is 12.4 Å². The molecule has 0 spiro atoms. The molecule has 1 aromatic heterocycles. The van der Waals surface area contributed by atoms with Crippen molar-refractivity contribution in [1.29, 1.82) is 0 Å². The van der Waals surface area contributed by atoms with Gasteiger partial charge in [0.15, 0.2) is 9.84 Å². The summed E-state index contributed by atoms with van der Waals surface area (Å²) in [5, 5.41) is 4.61. The van der Waals surface area contributed by atoms with E-state index in [1.807, 2.05) is 31.2 Å². The van der Waals surface area contributed by atoms with Crippen LogP contribution in [0.2, 0.25) is 0 Å². The van der Waals surface area contributed by atoms with Crippen molar-refractivity contribution in [3.8, 4) is 5.69 Å². The van der Waals surface area contributed by atoms with E-state index in [4.69, 9.17) is 4.74 Å². The Morgan fingerprint density at radius 2 is 2.23 bits per heavy atom.